The van der Waals surface area contributed by atoms with Gasteiger partial charge < -0.3 is 28.7 Å². The van der Waals surface area contributed by atoms with E-state index >= 15 is 0 Å². The summed E-state index contributed by atoms with van der Waals surface area (Å²) in [5.74, 6) is -1.05. The van der Waals surface area contributed by atoms with E-state index in [1.165, 1.54) is 20.3 Å². The summed E-state index contributed by atoms with van der Waals surface area (Å²) < 4.78 is 21.0. The molecular formula is C25H21KN2O7. The summed E-state index contributed by atoms with van der Waals surface area (Å²) in [7, 11) is 3.00. The first-order valence-electron chi connectivity index (χ1n) is 10.3. The van der Waals surface area contributed by atoms with Gasteiger partial charge in [0.05, 0.1) is 20.8 Å². The summed E-state index contributed by atoms with van der Waals surface area (Å²) in [5, 5.41) is 10.9. The number of nitrogens with zero attached hydrogens (tertiary/aromatic N) is 2. The number of hydrogen-bond donors (Lipinski definition) is 1. The van der Waals surface area contributed by atoms with Crippen LogP contribution >= 0.6 is 0 Å². The number of carbonyl (C=O) groups is 2. The van der Waals surface area contributed by atoms with E-state index in [1.807, 2.05) is 6.07 Å². The summed E-state index contributed by atoms with van der Waals surface area (Å²) in [6, 6.07) is 13.7. The number of Topliss-reactive ketones (excluding diaryl/α,β-unsaturated/α-hetero) is 1. The molecule has 4 rings (SSSR count). The molecule has 0 bridgehead atoms. The van der Waals surface area contributed by atoms with Crippen molar-refractivity contribution in [2.75, 3.05) is 20.8 Å². The third kappa shape index (κ3) is 5.68. The van der Waals surface area contributed by atoms with E-state index in [-0.39, 0.29) is 80.8 Å². The van der Waals surface area contributed by atoms with Crippen LogP contribution in [0.1, 0.15) is 23.1 Å². The number of benzene rings is 2. The summed E-state index contributed by atoms with van der Waals surface area (Å²) in [4.78, 5) is 34.5. The van der Waals surface area contributed by atoms with Crippen molar-refractivity contribution in [1.29, 1.82) is 0 Å². The molecule has 2 heterocycles. The van der Waals surface area contributed by atoms with Gasteiger partial charge in [0.1, 0.15) is 11.3 Å². The van der Waals surface area contributed by atoms with Crippen LogP contribution in [0, 0.1) is 0 Å². The maximum absolute atomic E-state index is 13.3. The summed E-state index contributed by atoms with van der Waals surface area (Å²) in [6.45, 7) is 1.67. The average molecular weight is 501 g/mol. The van der Waals surface area contributed by atoms with E-state index in [0.717, 1.165) is 6.08 Å². The molecule has 1 N–H and O–H groups in total. The Morgan fingerprint density at radius 2 is 1.77 bits per heavy atom. The Morgan fingerprint density at radius 1 is 1.09 bits per heavy atom. The molecule has 0 amide bonds. The molecule has 35 heavy (non-hydrogen) atoms. The smallest absolute Gasteiger partial charge is 0.654 e. The van der Waals surface area contributed by atoms with Gasteiger partial charge in [0.25, 0.3) is 0 Å². The molecular weight excluding hydrogens is 479 g/mol. The first-order valence-corrected chi connectivity index (χ1v) is 10.3. The topological polar surface area (TPSA) is 122 Å². The molecule has 4 aromatic rings. The largest absolute Gasteiger partial charge is 1.00 e. The van der Waals surface area contributed by atoms with Crippen LogP contribution in [0.4, 0.5) is 0 Å². The number of carbonyl (C=O) groups excluding carboxylic acids is 2. The number of ether oxygens (including phenoxy) is 3. The summed E-state index contributed by atoms with van der Waals surface area (Å²) in [6.07, 6.45) is 1.13. The zero-order chi connectivity index (χ0) is 24.2. The SMILES string of the molecule is CCOC(=O)/C(=C\c1nc(-c2ccccc2)oc1O)C(=O)c1cc2cc(OC)c(OC)cc2[n-]1.[K+]. The number of oxazole rings is 1. The van der Waals surface area contributed by atoms with Crippen molar-refractivity contribution in [2.45, 2.75) is 6.92 Å². The van der Waals surface area contributed by atoms with E-state index in [4.69, 9.17) is 18.6 Å². The second-order valence-electron chi connectivity index (χ2n) is 7.09. The zero-order valence-electron chi connectivity index (χ0n) is 19.7. The Kier molecular flexibility index (Phi) is 8.92. The number of methoxy groups -OCH3 is 2. The molecule has 0 unspecified atom stereocenters. The molecule has 0 fully saturated rings. The third-order valence-corrected chi connectivity index (χ3v) is 4.97. The van der Waals surface area contributed by atoms with Crippen LogP contribution in [-0.2, 0) is 9.53 Å². The van der Waals surface area contributed by atoms with E-state index in [0.29, 0.717) is 28.0 Å². The monoisotopic (exact) mass is 500 g/mol. The minimum Gasteiger partial charge on any atom is -0.654 e. The number of aromatic nitrogens is 2. The molecule has 0 atom stereocenters. The number of hydrogen-bond acceptors (Lipinski definition) is 8. The Bertz CT molecular complexity index is 1350. The van der Waals surface area contributed by atoms with Crippen LogP contribution < -0.4 is 65.8 Å². The van der Waals surface area contributed by atoms with Gasteiger partial charge in [0, 0.05) is 5.56 Å². The van der Waals surface area contributed by atoms with Crippen molar-refractivity contribution >= 4 is 28.7 Å². The van der Waals surface area contributed by atoms with E-state index < -0.39 is 17.7 Å². The molecule has 0 spiro atoms. The van der Waals surface area contributed by atoms with Crippen molar-refractivity contribution in [3.05, 3.63) is 65.5 Å². The van der Waals surface area contributed by atoms with Crippen molar-refractivity contribution in [3.8, 4) is 28.9 Å². The fourth-order valence-electron chi connectivity index (χ4n) is 3.34. The molecule has 174 valence electrons. The first-order chi connectivity index (χ1) is 16.4. The van der Waals surface area contributed by atoms with Gasteiger partial charge in [-0.3, -0.25) is 4.79 Å². The Morgan fingerprint density at radius 3 is 2.43 bits per heavy atom. The van der Waals surface area contributed by atoms with Crippen molar-refractivity contribution in [2.24, 2.45) is 0 Å². The second-order valence-corrected chi connectivity index (χ2v) is 7.09. The van der Waals surface area contributed by atoms with Gasteiger partial charge in [-0.15, -0.1) is 5.52 Å². The Labute approximate surface area is 243 Å². The van der Waals surface area contributed by atoms with Crippen molar-refractivity contribution in [1.82, 2.24) is 9.97 Å². The third-order valence-electron chi connectivity index (χ3n) is 4.97. The van der Waals surface area contributed by atoms with E-state index in [2.05, 4.69) is 9.97 Å². The van der Waals surface area contributed by atoms with Crippen LogP contribution in [0.3, 0.4) is 0 Å². The fraction of sp³-hybridized carbons (Fsp3) is 0.160. The molecule has 0 aliphatic rings. The predicted octanol–water partition coefficient (Wildman–Crippen LogP) is 1.01. The summed E-state index contributed by atoms with van der Waals surface area (Å²) in [5.41, 5.74) is 0.672. The molecule has 0 radical (unpaired) electrons. The quantitative estimate of drug-likeness (QED) is 0.0943. The standard InChI is InChI=1S/C25H22N2O7.K/c1-4-33-24(29)16(12-19-25(30)34-23(27-19)14-8-6-5-7-9-14)22(28)18-10-15-11-20(31-2)21(32-3)13-17(15)26-18;/h5-13H,4H2,1-3H3,(H2,26,28,29,30);/q;+1/p-1. The molecule has 0 saturated heterocycles. The van der Waals surface area contributed by atoms with E-state index in [1.54, 1.807) is 43.3 Å². The van der Waals surface area contributed by atoms with E-state index in [9.17, 15) is 14.7 Å². The predicted molar refractivity (Wildman–Crippen MR) is 123 cm³/mol. The Hall–Kier alpha value is -2.89. The number of rotatable bonds is 8. The van der Waals surface area contributed by atoms with Crippen LogP contribution in [-0.4, -0.2) is 42.7 Å². The molecule has 10 heteroatoms. The fourth-order valence-corrected chi connectivity index (χ4v) is 3.34. The van der Waals surface area contributed by atoms with Gasteiger partial charge in [-0.1, -0.05) is 30.0 Å². The van der Waals surface area contributed by atoms with Gasteiger partial charge in [-0.2, -0.15) is 0 Å². The number of ketones is 1. The van der Waals surface area contributed by atoms with Gasteiger partial charge in [0.15, 0.2) is 17.3 Å². The maximum Gasteiger partial charge on any atom is 1.00 e. The summed E-state index contributed by atoms with van der Waals surface area (Å²) >= 11 is 0. The molecule has 0 aliphatic heterocycles. The average Bonchev–Trinajstić information content (AvgIpc) is 3.44. The second kappa shape index (κ2) is 11.7. The van der Waals surface area contributed by atoms with Gasteiger partial charge in [0.2, 0.25) is 5.89 Å². The van der Waals surface area contributed by atoms with Crippen molar-refractivity contribution < 1.29 is 84.7 Å². The van der Waals surface area contributed by atoms with Crippen LogP contribution in [0.15, 0.2) is 58.5 Å². The van der Waals surface area contributed by atoms with Crippen LogP contribution in [0.25, 0.3) is 28.4 Å². The van der Waals surface area contributed by atoms with Crippen molar-refractivity contribution in [3.63, 3.8) is 0 Å². The number of aromatic hydroxyl groups is 1. The van der Waals surface area contributed by atoms with Crippen LogP contribution in [0.5, 0.6) is 17.4 Å². The molecule has 2 aromatic heterocycles. The maximum atomic E-state index is 13.3. The minimum atomic E-state index is -0.877. The van der Waals surface area contributed by atoms with Crippen LogP contribution in [0.2, 0.25) is 0 Å². The zero-order valence-corrected chi connectivity index (χ0v) is 22.8. The first kappa shape index (κ1) is 26.7. The normalized spacial score (nSPS) is 11.1. The number of fused-ring (bicyclic) bond motifs is 1. The molecule has 2 aromatic carbocycles. The Balaban J connectivity index is 0.00000342. The van der Waals surface area contributed by atoms with Gasteiger partial charge >= 0.3 is 63.3 Å². The molecule has 0 aliphatic carbocycles. The molecule has 9 nitrogen and oxygen atoms in total. The molecule has 0 saturated carbocycles. The van der Waals surface area contributed by atoms with Gasteiger partial charge in [-0.25, -0.2) is 9.78 Å². The number of esters is 1. The minimum absolute atomic E-state index is 0. The van der Waals surface area contributed by atoms with Gasteiger partial charge in [-0.05, 0) is 42.7 Å².